The van der Waals surface area contributed by atoms with Crippen LogP contribution in [0, 0.1) is 0 Å². The molecule has 0 radical (unpaired) electrons. The van der Waals surface area contributed by atoms with Gasteiger partial charge in [0.1, 0.15) is 11.9 Å². The number of carbonyl (C=O) groups is 1. The first-order chi connectivity index (χ1) is 17.6. The maximum Gasteiger partial charge on any atom is 0.490 e. The number of pyridine rings is 1. The zero-order valence-electron chi connectivity index (χ0n) is 21.2. The van der Waals surface area contributed by atoms with Gasteiger partial charge < -0.3 is 9.64 Å². The number of aromatic nitrogens is 1. The summed E-state index contributed by atoms with van der Waals surface area (Å²) in [6.07, 6.45) is -1.20. The standard InChI is InChI=1S/C27H34ClF3N4O2/c1-19-16-35(23-10-13-33(14-11-23)25-5-3-4-12-32-25)24(15-21-6-8-22(28)9-7-21)18-34(19)17-20(2)37-26(36)27(29,30)31/h3-9,12,19-20,23-24H,10-11,13-18H2,1-2H3/t19-,20+,24-/m0/s1. The Hall–Kier alpha value is -2.36. The summed E-state index contributed by atoms with van der Waals surface area (Å²) in [5, 5.41) is 0.682. The Labute approximate surface area is 221 Å². The number of ether oxygens (including phenoxy) is 1. The molecular weight excluding hydrogens is 505 g/mol. The van der Waals surface area contributed by atoms with E-state index in [1.54, 1.807) is 0 Å². The first-order valence-corrected chi connectivity index (χ1v) is 13.2. The second kappa shape index (κ2) is 12.0. The molecule has 1 aromatic carbocycles. The van der Waals surface area contributed by atoms with E-state index in [4.69, 9.17) is 11.6 Å². The number of rotatable bonds is 7. The summed E-state index contributed by atoms with van der Waals surface area (Å²) in [5.41, 5.74) is 1.16. The van der Waals surface area contributed by atoms with Crippen molar-refractivity contribution in [3.8, 4) is 0 Å². The molecule has 0 spiro atoms. The van der Waals surface area contributed by atoms with E-state index < -0.39 is 18.2 Å². The fraction of sp³-hybridized carbons (Fsp3) is 0.556. The van der Waals surface area contributed by atoms with Crippen LogP contribution in [-0.4, -0.2) is 83.9 Å². The number of piperidine rings is 1. The molecule has 2 aliphatic rings. The molecule has 37 heavy (non-hydrogen) atoms. The number of hydrogen-bond donors (Lipinski definition) is 0. The van der Waals surface area contributed by atoms with Crippen LogP contribution in [0.25, 0.3) is 0 Å². The van der Waals surface area contributed by atoms with Crippen molar-refractivity contribution < 1.29 is 22.7 Å². The Balaban J connectivity index is 1.44. The molecular formula is C27H34ClF3N4O2. The van der Waals surface area contributed by atoms with Gasteiger partial charge in [-0.3, -0.25) is 9.80 Å². The number of benzene rings is 1. The van der Waals surface area contributed by atoms with E-state index >= 15 is 0 Å². The molecule has 2 aliphatic heterocycles. The lowest BCUT2D eigenvalue weighted by atomic mass is 9.93. The fourth-order valence-electron chi connectivity index (χ4n) is 5.49. The summed E-state index contributed by atoms with van der Waals surface area (Å²) in [6, 6.07) is 14.5. The summed E-state index contributed by atoms with van der Waals surface area (Å²) in [4.78, 5) is 22.9. The van der Waals surface area contributed by atoms with Crippen molar-refractivity contribution in [1.29, 1.82) is 0 Å². The van der Waals surface area contributed by atoms with Gasteiger partial charge in [0.05, 0.1) is 0 Å². The van der Waals surface area contributed by atoms with Crippen molar-refractivity contribution >= 4 is 23.4 Å². The highest BCUT2D eigenvalue weighted by Crippen LogP contribution is 2.28. The van der Waals surface area contributed by atoms with E-state index in [-0.39, 0.29) is 18.6 Å². The van der Waals surface area contributed by atoms with Crippen LogP contribution in [0.2, 0.25) is 5.02 Å². The summed E-state index contributed by atoms with van der Waals surface area (Å²) < 4.78 is 42.7. The fourth-order valence-corrected chi connectivity index (χ4v) is 5.61. The van der Waals surface area contributed by atoms with Crippen LogP contribution in [0.1, 0.15) is 32.3 Å². The smallest absolute Gasteiger partial charge is 0.455 e. The molecule has 0 saturated carbocycles. The maximum atomic E-state index is 12.7. The number of hydrogen-bond acceptors (Lipinski definition) is 6. The van der Waals surface area contributed by atoms with E-state index in [1.165, 1.54) is 6.92 Å². The first kappa shape index (κ1) is 27.7. The van der Waals surface area contributed by atoms with Crippen molar-refractivity contribution in [2.24, 2.45) is 0 Å². The first-order valence-electron chi connectivity index (χ1n) is 12.8. The van der Waals surface area contributed by atoms with Crippen molar-refractivity contribution in [1.82, 2.24) is 14.8 Å². The van der Waals surface area contributed by atoms with Gasteiger partial charge in [0.2, 0.25) is 0 Å². The lowest BCUT2D eigenvalue weighted by Crippen LogP contribution is -2.63. The second-order valence-electron chi connectivity index (χ2n) is 10.1. The second-order valence-corrected chi connectivity index (χ2v) is 10.5. The van der Waals surface area contributed by atoms with Crippen LogP contribution >= 0.6 is 11.6 Å². The van der Waals surface area contributed by atoms with Crippen LogP contribution in [0.5, 0.6) is 0 Å². The molecule has 4 rings (SSSR count). The molecule has 0 aliphatic carbocycles. The van der Waals surface area contributed by atoms with E-state index in [0.717, 1.165) is 50.3 Å². The summed E-state index contributed by atoms with van der Waals surface area (Å²) in [7, 11) is 0. The number of piperazine rings is 1. The van der Waals surface area contributed by atoms with E-state index in [2.05, 4.69) is 31.3 Å². The number of halogens is 4. The van der Waals surface area contributed by atoms with Gasteiger partial charge in [-0.2, -0.15) is 13.2 Å². The molecule has 10 heteroatoms. The molecule has 0 unspecified atom stereocenters. The molecule has 202 valence electrons. The molecule has 6 nitrogen and oxygen atoms in total. The molecule has 3 heterocycles. The SMILES string of the molecule is C[C@H](CN1C[C@H](Cc2ccc(Cl)cc2)N(C2CCN(c3ccccn3)CC2)C[C@@H]1C)OC(=O)C(F)(F)F. The van der Waals surface area contributed by atoms with Gasteiger partial charge in [0.15, 0.2) is 0 Å². The monoisotopic (exact) mass is 538 g/mol. The van der Waals surface area contributed by atoms with Gasteiger partial charge in [-0.1, -0.05) is 29.8 Å². The minimum atomic E-state index is -4.99. The maximum absolute atomic E-state index is 12.7. The van der Waals surface area contributed by atoms with Gasteiger partial charge in [0.25, 0.3) is 0 Å². The van der Waals surface area contributed by atoms with Gasteiger partial charge in [0, 0.05) is 62.1 Å². The molecule has 0 bridgehead atoms. The lowest BCUT2D eigenvalue weighted by Gasteiger charge is -2.50. The third-order valence-corrected chi connectivity index (χ3v) is 7.59. The van der Waals surface area contributed by atoms with E-state index in [9.17, 15) is 18.0 Å². The highest BCUT2D eigenvalue weighted by molar-refractivity contribution is 6.30. The lowest BCUT2D eigenvalue weighted by molar-refractivity contribution is -0.205. The van der Waals surface area contributed by atoms with Gasteiger partial charge in [-0.05, 0) is 62.9 Å². The number of esters is 1. The van der Waals surface area contributed by atoms with Crippen molar-refractivity contribution in [3.05, 3.63) is 59.2 Å². The Kier molecular flexibility index (Phi) is 8.98. The Bertz CT molecular complexity index is 1020. The Morgan fingerprint density at radius 2 is 1.84 bits per heavy atom. The Morgan fingerprint density at radius 3 is 2.46 bits per heavy atom. The third-order valence-electron chi connectivity index (χ3n) is 7.34. The zero-order valence-corrected chi connectivity index (χ0v) is 22.0. The van der Waals surface area contributed by atoms with Crippen LogP contribution in [0.15, 0.2) is 48.7 Å². The van der Waals surface area contributed by atoms with Crippen LogP contribution in [0.4, 0.5) is 19.0 Å². The van der Waals surface area contributed by atoms with Gasteiger partial charge in [-0.15, -0.1) is 0 Å². The normalized spacial score (nSPS) is 23.1. The van der Waals surface area contributed by atoms with Crippen LogP contribution < -0.4 is 4.90 Å². The minimum absolute atomic E-state index is 0.113. The predicted octanol–water partition coefficient (Wildman–Crippen LogP) is 4.82. The molecule has 1 aromatic heterocycles. The quantitative estimate of drug-likeness (QED) is 0.471. The summed E-state index contributed by atoms with van der Waals surface area (Å²) in [5.74, 6) is -1.14. The molecule has 2 fully saturated rings. The Morgan fingerprint density at radius 1 is 1.14 bits per heavy atom. The number of nitrogens with zero attached hydrogens (tertiary/aromatic N) is 4. The number of anilines is 1. The molecule has 2 saturated heterocycles. The third kappa shape index (κ3) is 7.36. The van der Waals surface area contributed by atoms with Crippen molar-refractivity contribution in [2.75, 3.05) is 37.6 Å². The molecule has 0 N–H and O–H groups in total. The predicted molar refractivity (Wildman–Crippen MR) is 138 cm³/mol. The topological polar surface area (TPSA) is 48.9 Å². The summed E-state index contributed by atoms with van der Waals surface area (Å²) in [6.45, 7) is 7.19. The van der Waals surface area contributed by atoms with Crippen molar-refractivity contribution in [3.63, 3.8) is 0 Å². The van der Waals surface area contributed by atoms with Crippen molar-refractivity contribution in [2.45, 2.75) is 63.5 Å². The highest BCUT2D eigenvalue weighted by atomic mass is 35.5. The van der Waals surface area contributed by atoms with Gasteiger partial charge >= 0.3 is 12.1 Å². The number of alkyl halides is 3. The zero-order chi connectivity index (χ0) is 26.6. The largest absolute Gasteiger partial charge is 0.490 e. The molecule has 3 atom stereocenters. The minimum Gasteiger partial charge on any atom is -0.455 e. The highest BCUT2D eigenvalue weighted by Gasteiger charge is 2.43. The number of carbonyl (C=O) groups excluding carboxylic acids is 1. The molecule has 0 amide bonds. The summed E-state index contributed by atoms with van der Waals surface area (Å²) >= 11 is 6.09. The van der Waals surface area contributed by atoms with Crippen LogP contribution in [-0.2, 0) is 16.0 Å². The van der Waals surface area contributed by atoms with E-state index in [0.29, 0.717) is 17.6 Å². The van der Waals surface area contributed by atoms with E-state index in [1.807, 2.05) is 48.7 Å². The van der Waals surface area contributed by atoms with Gasteiger partial charge in [-0.25, -0.2) is 9.78 Å². The average Bonchev–Trinajstić information content (AvgIpc) is 2.87. The average molecular weight is 539 g/mol. The molecule has 2 aromatic rings. The van der Waals surface area contributed by atoms with Crippen LogP contribution in [0.3, 0.4) is 0 Å².